The smallest absolute Gasteiger partial charge is 0.344 e. The van der Waals surface area contributed by atoms with Crippen LogP contribution in [0.25, 0.3) is 0 Å². The summed E-state index contributed by atoms with van der Waals surface area (Å²) in [5, 5.41) is 0. The molecule has 220 valence electrons. The van der Waals surface area contributed by atoms with Crippen LogP contribution in [0.3, 0.4) is 0 Å². The van der Waals surface area contributed by atoms with E-state index in [9.17, 15) is 24.0 Å². The van der Waals surface area contributed by atoms with Gasteiger partial charge in [0.05, 0.1) is 27.6 Å². The molecular formula is C27H48NO10+. The highest BCUT2D eigenvalue weighted by Crippen LogP contribution is 2.09. The third-order valence-corrected chi connectivity index (χ3v) is 5.21. The van der Waals surface area contributed by atoms with Crippen molar-refractivity contribution in [1.29, 1.82) is 0 Å². The van der Waals surface area contributed by atoms with E-state index >= 15 is 0 Å². The Morgan fingerprint density at radius 3 is 1.55 bits per heavy atom. The van der Waals surface area contributed by atoms with Gasteiger partial charge in [0.2, 0.25) is 0 Å². The zero-order valence-electron chi connectivity index (χ0n) is 24.1. The van der Waals surface area contributed by atoms with Crippen molar-refractivity contribution in [3.63, 3.8) is 0 Å². The van der Waals surface area contributed by atoms with E-state index < -0.39 is 48.7 Å². The number of hydrogen-bond acceptors (Lipinski definition) is 10. The summed E-state index contributed by atoms with van der Waals surface area (Å²) in [5.41, 5.74) is 0. The van der Waals surface area contributed by atoms with Crippen molar-refractivity contribution in [2.45, 2.75) is 97.2 Å². The zero-order valence-corrected chi connectivity index (χ0v) is 24.1. The maximum atomic E-state index is 12.3. The Bertz CT molecular complexity index is 706. The lowest BCUT2D eigenvalue weighted by Crippen LogP contribution is -2.44. The van der Waals surface area contributed by atoms with E-state index in [2.05, 4.69) is 0 Å². The van der Waals surface area contributed by atoms with Gasteiger partial charge in [0.25, 0.3) is 0 Å². The van der Waals surface area contributed by atoms with Gasteiger partial charge in [-0.2, -0.15) is 0 Å². The van der Waals surface area contributed by atoms with Gasteiger partial charge in [-0.25, -0.2) is 4.79 Å². The predicted octanol–water partition coefficient (Wildman–Crippen LogP) is 3.11. The summed E-state index contributed by atoms with van der Waals surface area (Å²) in [5.74, 6) is -2.94. The summed E-state index contributed by atoms with van der Waals surface area (Å²) in [7, 11) is 5.68. The quantitative estimate of drug-likeness (QED) is 0.0915. The Balaban J connectivity index is 4.88. The Labute approximate surface area is 227 Å². The standard InChI is InChI=1S/C27H48NO10/c1-7-10-12-14-24(30)34-18-22(19-35-25(31)15-13-11-8-2)38-27(33)20-36-26(32)16-21(17-28(4,5)6)37-23(29)9-3/h21-22H,7-20H2,1-6H3/q+1/t21-/m0/s1. The van der Waals surface area contributed by atoms with Gasteiger partial charge in [0.1, 0.15) is 19.8 Å². The SMILES string of the molecule is CCCCCC(=O)OCC(COC(=O)CCCCC)OC(=O)COC(=O)C[C@@H](C[N+](C)(C)C)OC(=O)CC. The molecule has 0 heterocycles. The fourth-order valence-electron chi connectivity index (χ4n) is 3.30. The molecule has 0 saturated heterocycles. The molecule has 0 radical (unpaired) electrons. The minimum absolute atomic E-state index is 0.169. The van der Waals surface area contributed by atoms with Gasteiger partial charge in [-0.1, -0.05) is 46.5 Å². The highest BCUT2D eigenvalue weighted by molar-refractivity contribution is 5.77. The minimum atomic E-state index is -1.04. The molecule has 11 nitrogen and oxygen atoms in total. The molecule has 0 N–H and O–H groups in total. The van der Waals surface area contributed by atoms with Crippen molar-refractivity contribution < 1.29 is 52.1 Å². The lowest BCUT2D eigenvalue weighted by molar-refractivity contribution is -0.873. The largest absolute Gasteiger partial charge is 0.462 e. The van der Waals surface area contributed by atoms with Crippen molar-refractivity contribution in [1.82, 2.24) is 0 Å². The molecule has 0 aliphatic carbocycles. The van der Waals surface area contributed by atoms with Crippen molar-refractivity contribution in [3.8, 4) is 0 Å². The monoisotopic (exact) mass is 546 g/mol. The number of carbonyl (C=O) groups excluding carboxylic acids is 5. The van der Waals surface area contributed by atoms with Crippen LogP contribution < -0.4 is 0 Å². The molecule has 0 rings (SSSR count). The maximum Gasteiger partial charge on any atom is 0.344 e. The van der Waals surface area contributed by atoms with Crippen LogP contribution in [0, 0.1) is 0 Å². The second kappa shape index (κ2) is 20.3. The third-order valence-electron chi connectivity index (χ3n) is 5.21. The molecule has 0 aromatic heterocycles. The number of nitrogens with zero attached hydrogens (tertiary/aromatic N) is 1. The molecule has 0 unspecified atom stereocenters. The normalized spacial score (nSPS) is 12.0. The lowest BCUT2D eigenvalue weighted by Gasteiger charge is -2.28. The topological polar surface area (TPSA) is 132 Å². The Morgan fingerprint density at radius 2 is 1.11 bits per heavy atom. The van der Waals surface area contributed by atoms with Crippen molar-refractivity contribution in [3.05, 3.63) is 0 Å². The van der Waals surface area contributed by atoms with E-state index in [1.807, 2.05) is 35.0 Å². The molecule has 0 aliphatic rings. The van der Waals surface area contributed by atoms with E-state index in [0.29, 0.717) is 23.9 Å². The molecule has 0 aromatic carbocycles. The van der Waals surface area contributed by atoms with Gasteiger partial charge >= 0.3 is 29.8 Å². The van der Waals surface area contributed by atoms with Gasteiger partial charge in [0, 0.05) is 19.3 Å². The molecular weight excluding hydrogens is 498 g/mol. The molecule has 0 spiro atoms. The predicted molar refractivity (Wildman–Crippen MR) is 139 cm³/mol. The number of ether oxygens (including phenoxy) is 5. The maximum absolute atomic E-state index is 12.3. The number of carbonyl (C=O) groups is 5. The average Bonchev–Trinajstić information content (AvgIpc) is 2.83. The van der Waals surface area contributed by atoms with Crippen LogP contribution in [-0.4, -0.2) is 94.0 Å². The van der Waals surface area contributed by atoms with Crippen molar-refractivity contribution in [2.75, 3.05) is 47.5 Å². The molecule has 38 heavy (non-hydrogen) atoms. The van der Waals surface area contributed by atoms with E-state index in [1.54, 1.807) is 6.92 Å². The van der Waals surface area contributed by atoms with Crippen LogP contribution in [0.2, 0.25) is 0 Å². The van der Waals surface area contributed by atoms with Crippen LogP contribution in [0.4, 0.5) is 0 Å². The number of hydrogen-bond donors (Lipinski definition) is 0. The van der Waals surface area contributed by atoms with Crippen LogP contribution in [-0.2, 0) is 47.7 Å². The Kier molecular flexibility index (Phi) is 18.9. The summed E-state index contributed by atoms with van der Waals surface area (Å²) in [4.78, 5) is 60.3. The van der Waals surface area contributed by atoms with Crippen LogP contribution >= 0.6 is 0 Å². The first kappa shape index (κ1) is 35.3. The van der Waals surface area contributed by atoms with E-state index in [4.69, 9.17) is 23.7 Å². The highest BCUT2D eigenvalue weighted by atomic mass is 16.6. The summed E-state index contributed by atoms with van der Waals surface area (Å²) >= 11 is 0. The van der Waals surface area contributed by atoms with Crippen molar-refractivity contribution >= 4 is 29.8 Å². The van der Waals surface area contributed by atoms with E-state index in [1.165, 1.54) is 0 Å². The molecule has 0 amide bonds. The summed E-state index contributed by atoms with van der Waals surface area (Å²) in [6, 6.07) is 0. The van der Waals surface area contributed by atoms with Gasteiger partial charge in [0.15, 0.2) is 18.8 Å². The van der Waals surface area contributed by atoms with Gasteiger partial charge < -0.3 is 28.2 Å². The number of esters is 5. The third kappa shape index (κ3) is 20.4. The number of likely N-dealkylation sites (N-methyl/N-ethyl adjacent to an activating group) is 1. The lowest BCUT2D eigenvalue weighted by atomic mass is 10.2. The second-order valence-corrected chi connectivity index (χ2v) is 10.2. The molecule has 0 fully saturated rings. The fraction of sp³-hybridized carbons (Fsp3) is 0.815. The average molecular weight is 547 g/mol. The van der Waals surface area contributed by atoms with Gasteiger partial charge in [-0.3, -0.25) is 19.2 Å². The van der Waals surface area contributed by atoms with E-state index in [0.717, 1.165) is 25.7 Å². The minimum Gasteiger partial charge on any atom is -0.462 e. The fourth-order valence-corrected chi connectivity index (χ4v) is 3.30. The second-order valence-electron chi connectivity index (χ2n) is 10.2. The Hall–Kier alpha value is -2.69. The first-order valence-corrected chi connectivity index (χ1v) is 13.6. The first-order valence-electron chi connectivity index (χ1n) is 13.6. The van der Waals surface area contributed by atoms with Crippen LogP contribution in [0.1, 0.15) is 85.0 Å². The highest BCUT2D eigenvalue weighted by Gasteiger charge is 2.26. The number of unbranched alkanes of at least 4 members (excludes halogenated alkanes) is 4. The summed E-state index contributed by atoms with van der Waals surface area (Å²) < 4.78 is 26.4. The Morgan fingerprint density at radius 1 is 0.605 bits per heavy atom. The van der Waals surface area contributed by atoms with E-state index in [-0.39, 0.29) is 38.9 Å². The molecule has 0 saturated carbocycles. The van der Waals surface area contributed by atoms with Crippen LogP contribution in [0.5, 0.6) is 0 Å². The first-order chi connectivity index (χ1) is 17.9. The van der Waals surface area contributed by atoms with Gasteiger partial charge in [-0.15, -0.1) is 0 Å². The van der Waals surface area contributed by atoms with Gasteiger partial charge in [-0.05, 0) is 12.8 Å². The molecule has 11 heteroatoms. The zero-order chi connectivity index (χ0) is 29.0. The van der Waals surface area contributed by atoms with Crippen molar-refractivity contribution in [2.24, 2.45) is 0 Å². The molecule has 1 atom stereocenters. The number of quaternary nitrogens is 1. The van der Waals surface area contributed by atoms with Crippen LogP contribution in [0.15, 0.2) is 0 Å². The molecule has 0 aromatic rings. The molecule has 0 aliphatic heterocycles. The molecule has 0 bridgehead atoms. The number of rotatable bonds is 21. The summed E-state index contributed by atoms with van der Waals surface area (Å²) in [6.45, 7) is 4.80. The summed E-state index contributed by atoms with van der Waals surface area (Å²) in [6.07, 6.45) is 3.74.